The van der Waals surface area contributed by atoms with E-state index in [1.165, 1.54) is 19.1 Å². The van der Waals surface area contributed by atoms with Gasteiger partial charge in [0.25, 0.3) is 5.91 Å². The number of benzene rings is 1. The summed E-state index contributed by atoms with van der Waals surface area (Å²) >= 11 is 0. The molecular formula is C20H26N2O6. The molecule has 0 unspecified atom stereocenters. The van der Waals surface area contributed by atoms with Crippen molar-refractivity contribution in [1.29, 1.82) is 0 Å². The number of ether oxygens (including phenoxy) is 2. The number of amides is 1. The molecule has 152 valence electrons. The normalized spacial score (nSPS) is 14.4. The molecule has 1 aromatic carbocycles. The summed E-state index contributed by atoms with van der Waals surface area (Å²) in [7, 11) is 2.56. The number of β-amino-alcohol motifs (C(OH)–C–C–N with tert-alkyl or cyclic N) is 1. The second-order valence-electron chi connectivity index (χ2n) is 7.42. The van der Waals surface area contributed by atoms with Gasteiger partial charge in [-0.05, 0) is 29.2 Å². The van der Waals surface area contributed by atoms with Gasteiger partial charge in [0.15, 0.2) is 0 Å². The van der Waals surface area contributed by atoms with Crippen LogP contribution in [0.3, 0.4) is 0 Å². The van der Waals surface area contributed by atoms with Crippen LogP contribution in [-0.2, 0) is 24.5 Å². The summed E-state index contributed by atoms with van der Waals surface area (Å²) in [4.78, 5) is 38.1. The summed E-state index contributed by atoms with van der Waals surface area (Å²) in [5.41, 5.74) is 1.70. The number of anilines is 1. The highest BCUT2D eigenvalue weighted by Gasteiger charge is 2.35. The zero-order valence-electron chi connectivity index (χ0n) is 16.8. The first-order valence-corrected chi connectivity index (χ1v) is 8.85. The van der Waals surface area contributed by atoms with Crippen LogP contribution in [0.2, 0.25) is 0 Å². The Morgan fingerprint density at radius 1 is 1.18 bits per heavy atom. The van der Waals surface area contributed by atoms with Gasteiger partial charge in [-0.3, -0.25) is 4.79 Å². The van der Waals surface area contributed by atoms with Crippen LogP contribution >= 0.6 is 0 Å². The molecule has 0 atom stereocenters. The van der Waals surface area contributed by atoms with Crippen molar-refractivity contribution < 1.29 is 29.0 Å². The number of nitrogens with one attached hydrogen (secondary N) is 1. The number of aliphatic hydroxyl groups excluding tert-OH is 1. The Kier molecular flexibility index (Phi) is 6.45. The zero-order chi connectivity index (χ0) is 21.1. The molecule has 0 aliphatic carbocycles. The van der Waals surface area contributed by atoms with Crippen LogP contribution in [0.1, 0.15) is 36.7 Å². The van der Waals surface area contributed by atoms with Gasteiger partial charge in [0.1, 0.15) is 5.70 Å². The lowest BCUT2D eigenvalue weighted by molar-refractivity contribution is -0.136. The summed E-state index contributed by atoms with van der Waals surface area (Å²) in [5.74, 6) is -1.47. The van der Waals surface area contributed by atoms with Gasteiger partial charge in [-0.2, -0.15) is 0 Å². The van der Waals surface area contributed by atoms with Crippen LogP contribution in [0, 0.1) is 0 Å². The molecule has 0 aromatic heterocycles. The van der Waals surface area contributed by atoms with Crippen molar-refractivity contribution in [2.75, 3.05) is 39.2 Å². The second kappa shape index (κ2) is 8.43. The standard InChI is InChI=1S/C20H26N2O6/c1-20(2,3)14-10-12(18(25)27-4)6-7-15(14)21-16-13(19(26)28-5)11-22(8-9-23)17(16)24/h6-7,10,21,23H,8-9,11H2,1-5H3. The third-order valence-electron chi connectivity index (χ3n) is 4.46. The average Bonchev–Trinajstić information content (AvgIpc) is 2.96. The van der Waals surface area contributed by atoms with Crippen LogP contribution in [0.4, 0.5) is 5.69 Å². The Morgan fingerprint density at radius 2 is 1.82 bits per heavy atom. The molecule has 1 amide bonds. The number of carbonyl (C=O) groups excluding carboxylic acids is 3. The van der Waals surface area contributed by atoms with Gasteiger partial charge in [-0.1, -0.05) is 20.8 Å². The van der Waals surface area contributed by atoms with Gasteiger partial charge in [-0.15, -0.1) is 0 Å². The fourth-order valence-electron chi connectivity index (χ4n) is 3.00. The molecule has 0 fully saturated rings. The van der Waals surface area contributed by atoms with E-state index in [-0.39, 0.29) is 36.4 Å². The summed E-state index contributed by atoms with van der Waals surface area (Å²) in [6.45, 7) is 5.86. The number of methoxy groups -OCH3 is 2. The molecule has 8 heteroatoms. The summed E-state index contributed by atoms with van der Waals surface area (Å²) in [6, 6.07) is 4.97. The van der Waals surface area contributed by atoms with E-state index in [0.29, 0.717) is 11.3 Å². The molecule has 0 saturated carbocycles. The van der Waals surface area contributed by atoms with E-state index in [0.717, 1.165) is 5.56 Å². The van der Waals surface area contributed by atoms with Crippen LogP contribution in [0.25, 0.3) is 0 Å². The molecule has 1 aliphatic rings. The lowest BCUT2D eigenvalue weighted by atomic mass is 9.84. The largest absolute Gasteiger partial charge is 0.466 e. The Balaban J connectivity index is 2.50. The smallest absolute Gasteiger partial charge is 0.337 e. The summed E-state index contributed by atoms with van der Waals surface area (Å²) in [5, 5.41) is 12.2. The van der Waals surface area contributed by atoms with Crippen molar-refractivity contribution in [2.24, 2.45) is 0 Å². The number of esters is 2. The minimum atomic E-state index is -0.611. The molecule has 28 heavy (non-hydrogen) atoms. The quantitative estimate of drug-likeness (QED) is 0.708. The van der Waals surface area contributed by atoms with Gasteiger partial charge >= 0.3 is 11.9 Å². The van der Waals surface area contributed by atoms with Crippen molar-refractivity contribution in [2.45, 2.75) is 26.2 Å². The lowest BCUT2D eigenvalue weighted by Crippen LogP contribution is -2.31. The molecular weight excluding hydrogens is 364 g/mol. The topological polar surface area (TPSA) is 105 Å². The van der Waals surface area contributed by atoms with E-state index < -0.39 is 17.8 Å². The highest BCUT2D eigenvalue weighted by molar-refractivity contribution is 6.08. The minimum Gasteiger partial charge on any atom is -0.466 e. The van der Waals surface area contributed by atoms with E-state index in [9.17, 15) is 14.4 Å². The van der Waals surface area contributed by atoms with E-state index in [2.05, 4.69) is 5.32 Å². The lowest BCUT2D eigenvalue weighted by Gasteiger charge is -2.24. The molecule has 2 rings (SSSR count). The maximum absolute atomic E-state index is 12.7. The number of carbonyl (C=O) groups is 3. The highest BCUT2D eigenvalue weighted by Crippen LogP contribution is 2.33. The van der Waals surface area contributed by atoms with Gasteiger partial charge < -0.3 is 24.8 Å². The average molecular weight is 390 g/mol. The Hall–Kier alpha value is -2.87. The third kappa shape index (κ3) is 4.33. The maximum Gasteiger partial charge on any atom is 0.337 e. The minimum absolute atomic E-state index is 0.0551. The maximum atomic E-state index is 12.7. The molecule has 1 heterocycles. The number of rotatable bonds is 6. The van der Waals surface area contributed by atoms with Gasteiger partial charge in [0.05, 0.1) is 38.5 Å². The molecule has 2 N–H and O–H groups in total. The Bertz CT molecular complexity index is 822. The fraction of sp³-hybridized carbons (Fsp3) is 0.450. The van der Waals surface area contributed by atoms with E-state index in [4.69, 9.17) is 14.6 Å². The monoisotopic (exact) mass is 390 g/mol. The van der Waals surface area contributed by atoms with Gasteiger partial charge in [0, 0.05) is 12.2 Å². The van der Waals surface area contributed by atoms with Gasteiger partial charge in [0.2, 0.25) is 0 Å². The zero-order valence-corrected chi connectivity index (χ0v) is 16.8. The summed E-state index contributed by atoms with van der Waals surface area (Å²) < 4.78 is 9.58. The molecule has 1 aromatic rings. The van der Waals surface area contributed by atoms with E-state index in [1.807, 2.05) is 20.8 Å². The fourth-order valence-corrected chi connectivity index (χ4v) is 3.00. The number of aliphatic hydroxyl groups is 1. The first-order valence-electron chi connectivity index (χ1n) is 8.85. The Morgan fingerprint density at radius 3 is 2.36 bits per heavy atom. The van der Waals surface area contributed by atoms with Crippen molar-refractivity contribution in [3.8, 4) is 0 Å². The predicted molar refractivity (Wildman–Crippen MR) is 103 cm³/mol. The van der Waals surface area contributed by atoms with Crippen molar-refractivity contribution >= 4 is 23.5 Å². The summed E-state index contributed by atoms with van der Waals surface area (Å²) in [6.07, 6.45) is 0. The molecule has 1 aliphatic heterocycles. The third-order valence-corrected chi connectivity index (χ3v) is 4.46. The van der Waals surface area contributed by atoms with Crippen LogP contribution in [-0.4, -0.2) is 61.8 Å². The van der Waals surface area contributed by atoms with E-state index >= 15 is 0 Å². The number of nitrogens with zero attached hydrogens (tertiary/aromatic N) is 1. The van der Waals surface area contributed by atoms with Gasteiger partial charge in [-0.25, -0.2) is 9.59 Å². The van der Waals surface area contributed by atoms with Crippen molar-refractivity contribution in [3.05, 3.63) is 40.6 Å². The van der Waals surface area contributed by atoms with Crippen LogP contribution < -0.4 is 5.32 Å². The first kappa shape index (κ1) is 21.4. The molecule has 0 saturated heterocycles. The SMILES string of the molecule is COC(=O)C1=C(Nc2ccc(C(=O)OC)cc2C(C)(C)C)C(=O)N(CCO)C1. The Labute approximate surface area is 164 Å². The highest BCUT2D eigenvalue weighted by atomic mass is 16.5. The number of hydrogen-bond donors (Lipinski definition) is 2. The molecule has 0 radical (unpaired) electrons. The van der Waals surface area contributed by atoms with Crippen LogP contribution in [0.15, 0.2) is 29.5 Å². The van der Waals surface area contributed by atoms with E-state index in [1.54, 1.807) is 18.2 Å². The molecule has 8 nitrogen and oxygen atoms in total. The second-order valence-corrected chi connectivity index (χ2v) is 7.42. The molecule has 0 bridgehead atoms. The van der Waals surface area contributed by atoms with Crippen molar-refractivity contribution in [1.82, 2.24) is 4.90 Å². The van der Waals surface area contributed by atoms with Crippen molar-refractivity contribution in [3.63, 3.8) is 0 Å². The first-order chi connectivity index (χ1) is 13.1. The van der Waals surface area contributed by atoms with Crippen LogP contribution in [0.5, 0.6) is 0 Å². The number of hydrogen-bond acceptors (Lipinski definition) is 7. The molecule has 0 spiro atoms. The predicted octanol–water partition coefficient (Wildman–Crippen LogP) is 1.44.